The molecular formula is C13H25NO2. The van der Waals surface area contributed by atoms with Crippen molar-refractivity contribution in [1.29, 1.82) is 0 Å². The molecule has 0 bridgehead atoms. The van der Waals surface area contributed by atoms with Crippen LogP contribution in [0.1, 0.15) is 46.5 Å². The molecule has 0 aliphatic heterocycles. The zero-order valence-corrected chi connectivity index (χ0v) is 10.8. The normalized spacial score (nSPS) is 21.2. The summed E-state index contributed by atoms with van der Waals surface area (Å²) >= 11 is 0. The average molecular weight is 227 g/mol. The van der Waals surface area contributed by atoms with E-state index in [1.54, 1.807) is 6.92 Å². The second kappa shape index (κ2) is 6.24. The zero-order chi connectivity index (χ0) is 12.1. The highest BCUT2D eigenvalue weighted by atomic mass is 16.4. The monoisotopic (exact) mass is 227 g/mol. The molecule has 0 amide bonds. The van der Waals surface area contributed by atoms with Crippen LogP contribution >= 0.6 is 0 Å². The molecule has 2 unspecified atom stereocenters. The minimum absolute atomic E-state index is 0.260. The second-order valence-electron chi connectivity index (χ2n) is 5.11. The number of carboxylic acids is 1. The number of hydrogen-bond donors (Lipinski definition) is 1. The molecule has 0 heterocycles. The van der Waals surface area contributed by atoms with Gasteiger partial charge in [-0.25, -0.2) is 0 Å². The molecule has 16 heavy (non-hydrogen) atoms. The van der Waals surface area contributed by atoms with Crippen molar-refractivity contribution in [2.24, 2.45) is 11.8 Å². The van der Waals surface area contributed by atoms with Crippen LogP contribution in [-0.2, 0) is 4.79 Å². The second-order valence-corrected chi connectivity index (χ2v) is 5.11. The topological polar surface area (TPSA) is 40.5 Å². The van der Waals surface area contributed by atoms with Crippen LogP contribution < -0.4 is 0 Å². The van der Waals surface area contributed by atoms with E-state index in [0.29, 0.717) is 12.6 Å². The Labute approximate surface area is 98.8 Å². The van der Waals surface area contributed by atoms with E-state index in [0.717, 1.165) is 12.5 Å². The van der Waals surface area contributed by atoms with Gasteiger partial charge < -0.3 is 5.11 Å². The fraction of sp³-hybridized carbons (Fsp3) is 0.923. The first-order chi connectivity index (χ1) is 7.56. The van der Waals surface area contributed by atoms with Gasteiger partial charge in [-0.2, -0.15) is 0 Å². The highest BCUT2D eigenvalue weighted by Gasteiger charge is 2.27. The van der Waals surface area contributed by atoms with Crippen molar-refractivity contribution in [1.82, 2.24) is 4.90 Å². The molecule has 1 fully saturated rings. The predicted octanol–water partition coefficient (Wildman–Crippen LogP) is 2.61. The molecule has 1 aliphatic carbocycles. The van der Waals surface area contributed by atoms with Crippen LogP contribution in [-0.4, -0.2) is 35.1 Å². The van der Waals surface area contributed by atoms with E-state index in [1.807, 2.05) is 0 Å². The van der Waals surface area contributed by atoms with Gasteiger partial charge in [-0.3, -0.25) is 9.69 Å². The molecule has 0 radical (unpaired) electrons. The van der Waals surface area contributed by atoms with Gasteiger partial charge >= 0.3 is 5.97 Å². The Kier molecular flexibility index (Phi) is 5.26. The highest BCUT2D eigenvalue weighted by Crippen LogP contribution is 2.30. The Balaban J connectivity index is 2.48. The van der Waals surface area contributed by atoms with Crippen molar-refractivity contribution in [3.63, 3.8) is 0 Å². The van der Waals surface area contributed by atoms with Crippen LogP contribution in [0.2, 0.25) is 0 Å². The van der Waals surface area contributed by atoms with Crippen LogP contribution in [0, 0.1) is 11.8 Å². The SMILES string of the molecule is CCN(CC(C)C(=O)O)C(C)C1CCCC1. The fourth-order valence-electron chi connectivity index (χ4n) is 2.75. The van der Waals surface area contributed by atoms with Crippen LogP contribution in [0.15, 0.2) is 0 Å². The third kappa shape index (κ3) is 3.48. The molecule has 2 atom stereocenters. The van der Waals surface area contributed by atoms with Crippen molar-refractivity contribution in [3.8, 4) is 0 Å². The number of hydrogen-bond acceptors (Lipinski definition) is 2. The van der Waals surface area contributed by atoms with Crippen LogP contribution in [0.4, 0.5) is 0 Å². The van der Waals surface area contributed by atoms with E-state index in [-0.39, 0.29) is 5.92 Å². The molecule has 3 heteroatoms. The Morgan fingerprint density at radius 3 is 2.38 bits per heavy atom. The van der Waals surface area contributed by atoms with Crippen LogP contribution in [0.3, 0.4) is 0 Å². The van der Waals surface area contributed by atoms with E-state index < -0.39 is 5.97 Å². The highest BCUT2D eigenvalue weighted by molar-refractivity contribution is 5.69. The fourth-order valence-corrected chi connectivity index (χ4v) is 2.75. The van der Waals surface area contributed by atoms with Crippen molar-refractivity contribution in [2.45, 2.75) is 52.5 Å². The van der Waals surface area contributed by atoms with E-state index in [2.05, 4.69) is 18.7 Å². The van der Waals surface area contributed by atoms with Crippen molar-refractivity contribution < 1.29 is 9.90 Å². The first kappa shape index (κ1) is 13.5. The summed E-state index contributed by atoms with van der Waals surface area (Å²) < 4.78 is 0. The number of nitrogens with zero attached hydrogens (tertiary/aromatic N) is 1. The van der Waals surface area contributed by atoms with Gasteiger partial charge in [-0.15, -0.1) is 0 Å². The summed E-state index contributed by atoms with van der Waals surface area (Å²) in [7, 11) is 0. The summed E-state index contributed by atoms with van der Waals surface area (Å²) in [6.45, 7) is 7.82. The Morgan fingerprint density at radius 1 is 1.38 bits per heavy atom. The summed E-state index contributed by atoms with van der Waals surface area (Å²) in [5, 5.41) is 8.95. The largest absolute Gasteiger partial charge is 0.481 e. The number of carbonyl (C=O) groups is 1. The van der Waals surface area contributed by atoms with Gasteiger partial charge in [-0.05, 0) is 32.2 Å². The van der Waals surface area contributed by atoms with E-state index in [4.69, 9.17) is 5.11 Å². The van der Waals surface area contributed by atoms with Gasteiger partial charge in [0.1, 0.15) is 0 Å². The molecule has 94 valence electrons. The summed E-state index contributed by atoms with van der Waals surface area (Å²) in [6, 6.07) is 0.536. The van der Waals surface area contributed by atoms with Crippen LogP contribution in [0.5, 0.6) is 0 Å². The molecular weight excluding hydrogens is 202 g/mol. The predicted molar refractivity (Wildman–Crippen MR) is 65.5 cm³/mol. The Bertz CT molecular complexity index is 224. The number of aliphatic carboxylic acids is 1. The minimum Gasteiger partial charge on any atom is -0.481 e. The lowest BCUT2D eigenvalue weighted by atomic mass is 9.97. The average Bonchev–Trinajstić information content (AvgIpc) is 2.77. The molecule has 0 aromatic carbocycles. The third-order valence-electron chi connectivity index (χ3n) is 3.99. The standard InChI is InChI=1S/C13H25NO2/c1-4-14(9-10(2)13(15)16)11(3)12-7-5-6-8-12/h10-12H,4-9H2,1-3H3,(H,15,16). The summed E-state index contributed by atoms with van der Waals surface area (Å²) in [4.78, 5) is 13.2. The van der Waals surface area contributed by atoms with Crippen molar-refractivity contribution in [3.05, 3.63) is 0 Å². The van der Waals surface area contributed by atoms with E-state index in [9.17, 15) is 4.79 Å². The van der Waals surface area contributed by atoms with Gasteiger partial charge in [0.05, 0.1) is 5.92 Å². The van der Waals surface area contributed by atoms with Gasteiger partial charge in [-0.1, -0.05) is 26.7 Å². The molecule has 1 N–H and O–H groups in total. The molecule has 1 rings (SSSR count). The quantitative estimate of drug-likeness (QED) is 0.758. The smallest absolute Gasteiger partial charge is 0.307 e. The van der Waals surface area contributed by atoms with E-state index in [1.165, 1.54) is 25.7 Å². The van der Waals surface area contributed by atoms with Crippen molar-refractivity contribution >= 4 is 5.97 Å². The number of rotatable bonds is 6. The third-order valence-corrected chi connectivity index (χ3v) is 3.99. The lowest BCUT2D eigenvalue weighted by molar-refractivity contribution is -0.142. The molecule has 0 saturated heterocycles. The number of carboxylic acid groups (broad SMARTS) is 1. The van der Waals surface area contributed by atoms with Gasteiger partial charge in [0.15, 0.2) is 0 Å². The molecule has 0 spiro atoms. The maximum atomic E-state index is 10.9. The first-order valence-corrected chi connectivity index (χ1v) is 6.53. The summed E-state index contributed by atoms with van der Waals surface area (Å²) in [5.41, 5.74) is 0. The molecule has 1 saturated carbocycles. The Hall–Kier alpha value is -0.570. The van der Waals surface area contributed by atoms with Crippen molar-refractivity contribution in [2.75, 3.05) is 13.1 Å². The zero-order valence-electron chi connectivity index (χ0n) is 10.8. The molecule has 3 nitrogen and oxygen atoms in total. The Morgan fingerprint density at radius 2 is 1.94 bits per heavy atom. The first-order valence-electron chi connectivity index (χ1n) is 6.53. The van der Waals surface area contributed by atoms with Crippen LogP contribution in [0.25, 0.3) is 0 Å². The summed E-state index contributed by atoms with van der Waals surface area (Å²) in [6.07, 6.45) is 5.33. The van der Waals surface area contributed by atoms with Gasteiger partial charge in [0, 0.05) is 12.6 Å². The lowest BCUT2D eigenvalue weighted by Crippen LogP contribution is -2.41. The van der Waals surface area contributed by atoms with Gasteiger partial charge in [0.25, 0.3) is 0 Å². The molecule has 1 aliphatic rings. The minimum atomic E-state index is -0.683. The molecule has 0 aromatic rings. The maximum absolute atomic E-state index is 10.9. The molecule has 0 aromatic heterocycles. The van der Waals surface area contributed by atoms with E-state index >= 15 is 0 Å². The maximum Gasteiger partial charge on any atom is 0.307 e. The lowest BCUT2D eigenvalue weighted by Gasteiger charge is -2.33. The summed E-state index contributed by atoms with van der Waals surface area (Å²) in [5.74, 6) is -0.165. The van der Waals surface area contributed by atoms with Gasteiger partial charge in [0.2, 0.25) is 0 Å².